The van der Waals surface area contributed by atoms with E-state index in [0.717, 1.165) is 18.2 Å². The van der Waals surface area contributed by atoms with Gasteiger partial charge in [0.15, 0.2) is 17.8 Å². The van der Waals surface area contributed by atoms with Crippen LogP contribution in [0.3, 0.4) is 0 Å². The van der Waals surface area contributed by atoms with Crippen LogP contribution in [0.2, 0.25) is 0 Å². The summed E-state index contributed by atoms with van der Waals surface area (Å²) in [5.41, 5.74) is -0.470. The van der Waals surface area contributed by atoms with Crippen molar-refractivity contribution < 1.29 is 23.3 Å². The van der Waals surface area contributed by atoms with E-state index in [0.29, 0.717) is 12.0 Å². The summed E-state index contributed by atoms with van der Waals surface area (Å²) in [6, 6.07) is 5.95. The lowest BCUT2D eigenvalue weighted by atomic mass is 10.3. The molecule has 0 saturated carbocycles. The number of nitro groups is 1. The number of furan rings is 1. The molecule has 0 radical (unpaired) electrons. The molecule has 0 spiro atoms. The Bertz CT molecular complexity index is 622. The van der Waals surface area contributed by atoms with Crippen molar-refractivity contribution in [3.05, 3.63) is 57.8 Å². The van der Waals surface area contributed by atoms with E-state index >= 15 is 0 Å². The van der Waals surface area contributed by atoms with E-state index in [1.54, 1.807) is 0 Å². The van der Waals surface area contributed by atoms with Gasteiger partial charge < -0.3 is 9.15 Å². The number of carbonyl (C=O) groups excluding carboxylic acids is 1. The number of halogens is 1. The molecular weight excluding hydrogens is 257 g/mol. The van der Waals surface area contributed by atoms with Crippen molar-refractivity contribution >= 4 is 12.0 Å². The Kier molecular flexibility index (Phi) is 3.56. The maximum absolute atomic E-state index is 12.9. The lowest BCUT2D eigenvalue weighted by Crippen LogP contribution is -1.98. The third kappa shape index (κ3) is 2.95. The number of aldehydes is 1. The van der Waals surface area contributed by atoms with Gasteiger partial charge in [0.1, 0.15) is 18.2 Å². The van der Waals surface area contributed by atoms with E-state index in [1.807, 2.05) is 0 Å². The second kappa shape index (κ2) is 5.30. The van der Waals surface area contributed by atoms with Gasteiger partial charge in [-0.15, -0.1) is 0 Å². The Morgan fingerprint density at radius 1 is 1.37 bits per heavy atom. The van der Waals surface area contributed by atoms with Crippen LogP contribution in [-0.4, -0.2) is 11.2 Å². The zero-order valence-electron chi connectivity index (χ0n) is 9.54. The number of benzene rings is 1. The smallest absolute Gasteiger partial charge is 0.313 e. The summed E-state index contributed by atoms with van der Waals surface area (Å²) in [6.07, 6.45) is 0.532. The zero-order chi connectivity index (χ0) is 13.8. The number of hydrogen-bond acceptors (Lipinski definition) is 5. The summed E-state index contributed by atoms with van der Waals surface area (Å²) >= 11 is 0. The number of rotatable bonds is 5. The second-order valence-corrected chi connectivity index (χ2v) is 3.58. The highest BCUT2D eigenvalue weighted by Crippen LogP contribution is 2.28. The minimum atomic E-state index is -0.739. The molecule has 98 valence electrons. The standard InChI is InChI=1S/C12H8FNO5/c13-8-1-4-12(11(5-8)14(16)17)18-7-10-3-2-9(6-15)19-10/h1-6H,7H2. The van der Waals surface area contributed by atoms with Crippen LogP contribution in [-0.2, 0) is 6.61 Å². The van der Waals surface area contributed by atoms with Crippen molar-refractivity contribution in [1.29, 1.82) is 0 Å². The maximum Gasteiger partial charge on any atom is 0.313 e. The van der Waals surface area contributed by atoms with E-state index in [9.17, 15) is 19.3 Å². The monoisotopic (exact) mass is 265 g/mol. The molecule has 0 unspecified atom stereocenters. The molecule has 0 saturated heterocycles. The number of nitrogens with zero attached hydrogens (tertiary/aromatic N) is 1. The van der Waals surface area contributed by atoms with Crippen LogP contribution in [0.15, 0.2) is 34.7 Å². The van der Waals surface area contributed by atoms with E-state index < -0.39 is 16.4 Å². The third-order valence-electron chi connectivity index (χ3n) is 2.29. The molecule has 1 heterocycles. The molecule has 0 atom stereocenters. The van der Waals surface area contributed by atoms with Crippen molar-refractivity contribution in [3.8, 4) is 5.75 Å². The molecule has 0 amide bonds. The first-order valence-corrected chi connectivity index (χ1v) is 5.21. The summed E-state index contributed by atoms with van der Waals surface area (Å²) in [5, 5.41) is 10.7. The summed E-state index contributed by atoms with van der Waals surface area (Å²) in [4.78, 5) is 20.4. The highest BCUT2D eigenvalue weighted by atomic mass is 19.1. The van der Waals surface area contributed by atoms with Gasteiger partial charge in [-0.2, -0.15) is 0 Å². The second-order valence-electron chi connectivity index (χ2n) is 3.58. The van der Waals surface area contributed by atoms with Gasteiger partial charge in [-0.05, 0) is 24.3 Å². The Labute approximate surface area is 106 Å². The molecule has 7 heteroatoms. The highest BCUT2D eigenvalue weighted by molar-refractivity contribution is 5.70. The Morgan fingerprint density at radius 3 is 2.79 bits per heavy atom. The van der Waals surface area contributed by atoms with Crippen LogP contribution in [0.25, 0.3) is 0 Å². The van der Waals surface area contributed by atoms with Crippen molar-refractivity contribution in [2.45, 2.75) is 6.61 Å². The molecule has 1 aromatic carbocycles. The van der Waals surface area contributed by atoms with Gasteiger partial charge in [-0.1, -0.05) is 0 Å². The largest absolute Gasteiger partial charge is 0.479 e. The summed E-state index contributed by atoms with van der Waals surface area (Å²) in [5.74, 6) is -0.330. The van der Waals surface area contributed by atoms with E-state index in [-0.39, 0.29) is 18.1 Å². The summed E-state index contributed by atoms with van der Waals surface area (Å²) in [6.45, 7) is -0.0969. The quantitative estimate of drug-likeness (QED) is 0.471. The van der Waals surface area contributed by atoms with Gasteiger partial charge in [0.2, 0.25) is 0 Å². The Hall–Kier alpha value is -2.70. The highest BCUT2D eigenvalue weighted by Gasteiger charge is 2.16. The molecule has 6 nitrogen and oxygen atoms in total. The number of ether oxygens (including phenoxy) is 1. The van der Waals surface area contributed by atoms with Gasteiger partial charge in [0.25, 0.3) is 0 Å². The molecule has 2 aromatic rings. The predicted octanol–water partition coefficient (Wildman–Crippen LogP) is 2.72. The van der Waals surface area contributed by atoms with Crippen LogP contribution >= 0.6 is 0 Å². The van der Waals surface area contributed by atoms with E-state index in [1.165, 1.54) is 12.1 Å². The van der Waals surface area contributed by atoms with Gasteiger partial charge in [0, 0.05) is 0 Å². The third-order valence-corrected chi connectivity index (χ3v) is 2.29. The number of nitro benzene ring substituents is 1. The molecule has 2 rings (SSSR count). The Balaban J connectivity index is 2.14. The van der Waals surface area contributed by atoms with Crippen LogP contribution in [0.1, 0.15) is 16.3 Å². The van der Waals surface area contributed by atoms with Crippen LogP contribution in [0, 0.1) is 15.9 Å². The predicted molar refractivity (Wildman–Crippen MR) is 61.5 cm³/mol. The molecule has 19 heavy (non-hydrogen) atoms. The van der Waals surface area contributed by atoms with Crippen molar-refractivity contribution in [2.24, 2.45) is 0 Å². The first-order chi connectivity index (χ1) is 9.10. The minimum absolute atomic E-state index is 0.0737. The molecule has 1 aromatic heterocycles. The fourth-order valence-corrected chi connectivity index (χ4v) is 1.44. The summed E-state index contributed by atoms with van der Waals surface area (Å²) in [7, 11) is 0. The lowest BCUT2D eigenvalue weighted by molar-refractivity contribution is -0.386. The van der Waals surface area contributed by atoms with Crippen molar-refractivity contribution in [3.63, 3.8) is 0 Å². The number of carbonyl (C=O) groups is 1. The molecule has 0 aliphatic heterocycles. The van der Waals surface area contributed by atoms with E-state index in [4.69, 9.17) is 9.15 Å². The average Bonchev–Trinajstić information content (AvgIpc) is 2.85. The van der Waals surface area contributed by atoms with Crippen molar-refractivity contribution in [2.75, 3.05) is 0 Å². The van der Waals surface area contributed by atoms with Crippen LogP contribution in [0.4, 0.5) is 10.1 Å². The Morgan fingerprint density at radius 2 is 2.16 bits per heavy atom. The number of hydrogen-bond donors (Lipinski definition) is 0. The maximum atomic E-state index is 12.9. The molecule has 0 fully saturated rings. The van der Waals surface area contributed by atoms with Crippen molar-refractivity contribution in [1.82, 2.24) is 0 Å². The lowest BCUT2D eigenvalue weighted by Gasteiger charge is -2.04. The van der Waals surface area contributed by atoms with Crippen LogP contribution < -0.4 is 4.74 Å². The molecule has 0 aliphatic rings. The molecule has 0 bridgehead atoms. The SMILES string of the molecule is O=Cc1ccc(COc2ccc(F)cc2[N+](=O)[O-])o1. The first kappa shape index (κ1) is 12.7. The van der Waals surface area contributed by atoms with Gasteiger partial charge >= 0.3 is 5.69 Å². The minimum Gasteiger partial charge on any atom is -0.479 e. The molecule has 0 N–H and O–H groups in total. The molecular formula is C12H8FNO5. The van der Waals surface area contributed by atoms with Crippen LogP contribution in [0.5, 0.6) is 5.75 Å². The zero-order valence-corrected chi connectivity index (χ0v) is 9.54. The average molecular weight is 265 g/mol. The fraction of sp³-hybridized carbons (Fsp3) is 0.0833. The summed E-state index contributed by atoms with van der Waals surface area (Å²) < 4.78 is 23.1. The van der Waals surface area contributed by atoms with E-state index in [2.05, 4.69) is 0 Å². The van der Waals surface area contributed by atoms with Gasteiger partial charge in [-0.3, -0.25) is 14.9 Å². The first-order valence-electron chi connectivity index (χ1n) is 5.21. The normalized spacial score (nSPS) is 10.2. The molecule has 0 aliphatic carbocycles. The van der Waals surface area contributed by atoms with Gasteiger partial charge in [-0.25, -0.2) is 4.39 Å². The van der Waals surface area contributed by atoms with Gasteiger partial charge in [0.05, 0.1) is 11.0 Å². The topological polar surface area (TPSA) is 82.6 Å². The fourth-order valence-electron chi connectivity index (χ4n) is 1.44.